The van der Waals surface area contributed by atoms with Crippen molar-refractivity contribution in [2.24, 2.45) is 5.73 Å². The zero-order valence-electron chi connectivity index (χ0n) is 9.22. The van der Waals surface area contributed by atoms with Crippen LogP contribution in [0.5, 0.6) is 5.75 Å². The second-order valence-corrected chi connectivity index (χ2v) is 5.06. The number of nitrogens with two attached hydrogens (primary N) is 1. The molecule has 2 nitrogen and oxygen atoms in total. The molecule has 0 aliphatic heterocycles. The van der Waals surface area contributed by atoms with E-state index in [-0.39, 0.29) is 18.4 Å². The molecule has 0 amide bonds. The van der Waals surface area contributed by atoms with Crippen molar-refractivity contribution in [3.63, 3.8) is 0 Å². The van der Waals surface area contributed by atoms with Gasteiger partial charge in [-0.3, -0.25) is 0 Å². The number of hydrogen-bond donors (Lipinski definition) is 1. The Hall–Kier alpha value is -0.550. The van der Waals surface area contributed by atoms with Gasteiger partial charge in [0.25, 0.3) is 0 Å². The highest BCUT2D eigenvalue weighted by molar-refractivity contribution is 9.10. The molecule has 2 N–H and O–H groups in total. The molecule has 1 heterocycles. The van der Waals surface area contributed by atoms with Crippen molar-refractivity contribution in [2.45, 2.75) is 6.04 Å². The van der Waals surface area contributed by atoms with Crippen LogP contribution >= 0.6 is 39.7 Å². The first kappa shape index (κ1) is 14.5. The summed E-state index contributed by atoms with van der Waals surface area (Å²) in [5.41, 5.74) is 8.38. The number of halogens is 2. The van der Waals surface area contributed by atoms with Gasteiger partial charge in [-0.2, -0.15) is 11.3 Å². The number of rotatable bonds is 3. The third-order valence-corrected chi connectivity index (χ3v) is 3.76. The quantitative estimate of drug-likeness (QED) is 0.921. The first-order chi connectivity index (χ1) is 7.72. The van der Waals surface area contributed by atoms with E-state index in [4.69, 9.17) is 10.5 Å². The zero-order chi connectivity index (χ0) is 11.5. The average Bonchev–Trinajstić information content (AvgIpc) is 2.81. The summed E-state index contributed by atoms with van der Waals surface area (Å²) in [7, 11) is 1.65. The van der Waals surface area contributed by atoms with Crippen molar-refractivity contribution >= 4 is 39.7 Å². The van der Waals surface area contributed by atoms with Crippen molar-refractivity contribution in [3.8, 4) is 5.75 Å². The van der Waals surface area contributed by atoms with E-state index >= 15 is 0 Å². The van der Waals surface area contributed by atoms with Crippen LogP contribution < -0.4 is 10.5 Å². The molecule has 0 unspecified atom stereocenters. The van der Waals surface area contributed by atoms with Gasteiger partial charge in [-0.05, 0) is 56.0 Å². The normalized spacial score (nSPS) is 11.7. The molecule has 0 bridgehead atoms. The SMILES string of the molecule is COc1ccc([C@@H](N)c2ccsc2)cc1Br.Cl. The zero-order valence-corrected chi connectivity index (χ0v) is 12.4. The largest absolute Gasteiger partial charge is 0.496 e. The summed E-state index contributed by atoms with van der Waals surface area (Å²) < 4.78 is 6.11. The predicted octanol–water partition coefficient (Wildman–Crippen LogP) is 3.99. The van der Waals surface area contributed by atoms with Gasteiger partial charge in [-0.25, -0.2) is 0 Å². The molecule has 0 aliphatic rings. The van der Waals surface area contributed by atoms with Crippen LogP contribution in [0, 0.1) is 0 Å². The molecule has 1 atom stereocenters. The first-order valence-electron chi connectivity index (χ1n) is 4.83. The lowest BCUT2D eigenvalue weighted by molar-refractivity contribution is 0.412. The lowest BCUT2D eigenvalue weighted by Crippen LogP contribution is -2.10. The van der Waals surface area contributed by atoms with Gasteiger partial charge in [-0.1, -0.05) is 6.07 Å². The van der Waals surface area contributed by atoms with E-state index in [9.17, 15) is 0 Å². The molecule has 0 aliphatic carbocycles. The maximum atomic E-state index is 6.17. The fourth-order valence-electron chi connectivity index (χ4n) is 1.52. The molecular weight excluding hydrogens is 322 g/mol. The van der Waals surface area contributed by atoms with Gasteiger partial charge in [0.1, 0.15) is 5.75 Å². The molecule has 17 heavy (non-hydrogen) atoms. The minimum atomic E-state index is -0.0755. The second kappa shape index (κ2) is 6.40. The Morgan fingerprint density at radius 3 is 2.59 bits per heavy atom. The minimum absolute atomic E-state index is 0. The van der Waals surface area contributed by atoms with E-state index in [1.165, 1.54) is 0 Å². The summed E-state index contributed by atoms with van der Waals surface area (Å²) in [5, 5.41) is 4.11. The number of methoxy groups -OCH3 is 1. The van der Waals surface area contributed by atoms with Crippen molar-refractivity contribution in [1.29, 1.82) is 0 Å². The maximum absolute atomic E-state index is 6.17. The molecule has 0 spiro atoms. The standard InChI is InChI=1S/C12H12BrNOS.ClH/c1-15-11-3-2-8(6-10(11)13)12(14)9-4-5-16-7-9;/h2-7,12H,14H2,1H3;1H/t12-;/m1./s1. The molecule has 1 aromatic heterocycles. The summed E-state index contributed by atoms with van der Waals surface area (Å²) >= 11 is 5.12. The molecule has 92 valence electrons. The van der Waals surface area contributed by atoms with Crippen LogP contribution in [0.3, 0.4) is 0 Å². The highest BCUT2D eigenvalue weighted by Crippen LogP contribution is 2.30. The van der Waals surface area contributed by atoms with Gasteiger partial charge in [0.2, 0.25) is 0 Å². The van der Waals surface area contributed by atoms with Crippen LogP contribution in [0.2, 0.25) is 0 Å². The van der Waals surface area contributed by atoms with Crippen LogP contribution in [0.4, 0.5) is 0 Å². The lowest BCUT2D eigenvalue weighted by Gasteiger charge is -2.12. The summed E-state index contributed by atoms with van der Waals surface area (Å²) in [5.74, 6) is 0.821. The van der Waals surface area contributed by atoms with Gasteiger partial charge in [-0.15, -0.1) is 12.4 Å². The summed E-state index contributed by atoms with van der Waals surface area (Å²) in [6.07, 6.45) is 0. The maximum Gasteiger partial charge on any atom is 0.133 e. The van der Waals surface area contributed by atoms with Crippen molar-refractivity contribution in [3.05, 3.63) is 50.6 Å². The topological polar surface area (TPSA) is 35.2 Å². The molecule has 2 aromatic rings. The second-order valence-electron chi connectivity index (χ2n) is 3.43. The van der Waals surface area contributed by atoms with E-state index in [1.54, 1.807) is 18.4 Å². The van der Waals surface area contributed by atoms with Crippen molar-refractivity contribution in [1.82, 2.24) is 0 Å². The van der Waals surface area contributed by atoms with E-state index < -0.39 is 0 Å². The number of ether oxygens (including phenoxy) is 1. The number of thiophene rings is 1. The third kappa shape index (κ3) is 3.22. The Kier molecular flexibility index (Phi) is 5.46. The predicted molar refractivity (Wildman–Crippen MR) is 78.3 cm³/mol. The number of hydrogen-bond acceptors (Lipinski definition) is 3. The highest BCUT2D eigenvalue weighted by atomic mass is 79.9. The van der Waals surface area contributed by atoms with Crippen LogP contribution in [-0.2, 0) is 0 Å². The molecule has 0 radical (unpaired) electrons. The summed E-state index contributed by atoms with van der Waals surface area (Å²) in [6.45, 7) is 0. The van der Waals surface area contributed by atoms with E-state index in [1.807, 2.05) is 29.6 Å². The van der Waals surface area contributed by atoms with Gasteiger partial charge in [0.05, 0.1) is 17.6 Å². The Morgan fingerprint density at radius 1 is 1.29 bits per heavy atom. The molecule has 0 fully saturated rings. The molecule has 1 aromatic carbocycles. The first-order valence-corrected chi connectivity index (χ1v) is 6.57. The van der Waals surface area contributed by atoms with Crippen LogP contribution in [0.1, 0.15) is 17.2 Å². The molecule has 2 rings (SSSR count). The van der Waals surface area contributed by atoms with Gasteiger partial charge in [0.15, 0.2) is 0 Å². The summed E-state index contributed by atoms with van der Waals surface area (Å²) in [6, 6.07) is 7.89. The Labute approximate surface area is 119 Å². The lowest BCUT2D eigenvalue weighted by atomic mass is 10.0. The number of benzene rings is 1. The smallest absolute Gasteiger partial charge is 0.133 e. The third-order valence-electron chi connectivity index (χ3n) is 2.44. The fraction of sp³-hybridized carbons (Fsp3) is 0.167. The molecule has 0 saturated heterocycles. The monoisotopic (exact) mass is 333 g/mol. The van der Waals surface area contributed by atoms with Gasteiger partial charge >= 0.3 is 0 Å². The van der Waals surface area contributed by atoms with Gasteiger partial charge < -0.3 is 10.5 Å². The average molecular weight is 335 g/mol. The molecular formula is C12H13BrClNOS. The van der Waals surface area contributed by atoms with E-state index in [2.05, 4.69) is 21.3 Å². The van der Waals surface area contributed by atoms with Gasteiger partial charge in [0, 0.05) is 0 Å². The van der Waals surface area contributed by atoms with Crippen molar-refractivity contribution in [2.75, 3.05) is 7.11 Å². The highest BCUT2D eigenvalue weighted by Gasteiger charge is 2.11. The Balaban J connectivity index is 0.00000144. The molecule has 5 heteroatoms. The Morgan fingerprint density at radius 2 is 2.06 bits per heavy atom. The Bertz CT molecular complexity index is 475. The minimum Gasteiger partial charge on any atom is -0.496 e. The fourth-order valence-corrected chi connectivity index (χ4v) is 2.78. The van der Waals surface area contributed by atoms with E-state index in [0.29, 0.717) is 0 Å². The van der Waals surface area contributed by atoms with Crippen LogP contribution in [-0.4, -0.2) is 7.11 Å². The summed E-state index contributed by atoms with van der Waals surface area (Å²) in [4.78, 5) is 0. The van der Waals surface area contributed by atoms with Crippen molar-refractivity contribution < 1.29 is 4.74 Å². The molecule has 0 saturated carbocycles. The van der Waals surface area contributed by atoms with E-state index in [0.717, 1.165) is 21.3 Å². The van der Waals surface area contributed by atoms with Crippen LogP contribution in [0.15, 0.2) is 39.5 Å². The van der Waals surface area contributed by atoms with Crippen LogP contribution in [0.25, 0.3) is 0 Å².